The number of hydrogen-bond acceptors (Lipinski definition) is 6. The van der Waals surface area contributed by atoms with Crippen LogP contribution in [-0.2, 0) is 14.4 Å². The van der Waals surface area contributed by atoms with Crippen LogP contribution in [0.1, 0.15) is 12.8 Å². The molecule has 0 aliphatic carbocycles. The van der Waals surface area contributed by atoms with Gasteiger partial charge < -0.3 is 9.64 Å². The van der Waals surface area contributed by atoms with Gasteiger partial charge in [-0.3, -0.25) is 9.63 Å². The number of hydroxylamine groups is 2. The van der Waals surface area contributed by atoms with E-state index in [1.807, 2.05) is 6.07 Å². The molecule has 1 aromatic rings. The molecule has 124 valence electrons. The van der Waals surface area contributed by atoms with Crippen molar-refractivity contribution in [2.24, 2.45) is 17.8 Å². The molecule has 23 heavy (non-hydrogen) atoms. The van der Waals surface area contributed by atoms with Crippen LogP contribution in [0.25, 0.3) is 0 Å². The van der Waals surface area contributed by atoms with E-state index in [-0.39, 0.29) is 17.7 Å². The molecule has 0 aromatic carbocycles. The average molecular weight is 318 g/mol. The maximum Gasteiger partial charge on any atom is 0.251 e. The van der Waals surface area contributed by atoms with Gasteiger partial charge in [0.2, 0.25) is 5.95 Å². The number of hydrogen-bond donors (Lipinski definition) is 0. The van der Waals surface area contributed by atoms with Gasteiger partial charge in [0.25, 0.3) is 5.91 Å². The van der Waals surface area contributed by atoms with Crippen LogP contribution in [0.15, 0.2) is 18.5 Å². The Morgan fingerprint density at radius 1 is 1.17 bits per heavy atom. The van der Waals surface area contributed by atoms with E-state index in [1.54, 1.807) is 17.5 Å². The highest BCUT2D eigenvalue weighted by Gasteiger charge is 2.46. The number of amides is 1. The second-order valence-corrected chi connectivity index (χ2v) is 6.50. The number of anilines is 1. The Labute approximate surface area is 135 Å². The summed E-state index contributed by atoms with van der Waals surface area (Å²) in [7, 11) is 0. The summed E-state index contributed by atoms with van der Waals surface area (Å²) in [6, 6.07) is 1.82. The highest BCUT2D eigenvalue weighted by molar-refractivity contribution is 5.78. The van der Waals surface area contributed by atoms with Gasteiger partial charge in [0.1, 0.15) is 0 Å². The molecule has 1 aromatic heterocycles. The van der Waals surface area contributed by atoms with Crippen LogP contribution < -0.4 is 4.90 Å². The minimum atomic E-state index is -0.124. The third-order valence-electron chi connectivity index (χ3n) is 5.04. The molecular formula is C16H22N4O3. The van der Waals surface area contributed by atoms with Crippen molar-refractivity contribution in [1.29, 1.82) is 0 Å². The summed E-state index contributed by atoms with van der Waals surface area (Å²) in [5, 5.41) is 1.56. The van der Waals surface area contributed by atoms with E-state index in [0.717, 1.165) is 31.9 Å². The first-order valence-corrected chi connectivity index (χ1v) is 8.37. The minimum absolute atomic E-state index is 0.0789. The number of ether oxygens (including phenoxy) is 1. The fourth-order valence-electron chi connectivity index (χ4n) is 3.83. The first-order valence-electron chi connectivity index (χ1n) is 8.37. The number of carbonyl (C=O) groups excluding carboxylic acids is 1. The van der Waals surface area contributed by atoms with Crippen LogP contribution >= 0.6 is 0 Å². The Morgan fingerprint density at radius 3 is 2.83 bits per heavy atom. The van der Waals surface area contributed by atoms with Crippen molar-refractivity contribution >= 4 is 11.9 Å². The lowest BCUT2D eigenvalue weighted by atomic mass is 9.82. The van der Waals surface area contributed by atoms with Gasteiger partial charge in [-0.05, 0) is 24.8 Å². The number of aromatic nitrogens is 2. The number of fused-ring (bicyclic) bond motifs is 1. The molecule has 7 nitrogen and oxygen atoms in total. The predicted molar refractivity (Wildman–Crippen MR) is 82.4 cm³/mol. The Kier molecular flexibility index (Phi) is 4.13. The lowest BCUT2D eigenvalue weighted by molar-refractivity contribution is -0.207. The van der Waals surface area contributed by atoms with E-state index < -0.39 is 0 Å². The SMILES string of the molecule is O=C([C@H]1COC[C@H]2CN(c3ncccn3)C[C@H]21)N1CCCCO1. The molecule has 0 saturated carbocycles. The lowest BCUT2D eigenvalue weighted by Gasteiger charge is -2.36. The Hall–Kier alpha value is -1.73. The van der Waals surface area contributed by atoms with Crippen LogP contribution in [0, 0.1) is 17.8 Å². The Morgan fingerprint density at radius 2 is 2.04 bits per heavy atom. The molecule has 0 N–H and O–H groups in total. The molecule has 4 rings (SSSR count). The zero-order valence-electron chi connectivity index (χ0n) is 13.1. The molecule has 3 aliphatic heterocycles. The first-order chi connectivity index (χ1) is 11.3. The fraction of sp³-hybridized carbons (Fsp3) is 0.688. The van der Waals surface area contributed by atoms with Crippen LogP contribution in [0.3, 0.4) is 0 Å². The van der Waals surface area contributed by atoms with Crippen molar-refractivity contribution in [1.82, 2.24) is 15.0 Å². The minimum Gasteiger partial charge on any atom is -0.380 e. The molecule has 3 atom stereocenters. The number of carbonyl (C=O) groups is 1. The molecule has 3 aliphatic rings. The van der Waals surface area contributed by atoms with Crippen molar-refractivity contribution in [3.8, 4) is 0 Å². The lowest BCUT2D eigenvalue weighted by Crippen LogP contribution is -2.47. The van der Waals surface area contributed by atoms with Gasteiger partial charge in [0, 0.05) is 37.9 Å². The van der Waals surface area contributed by atoms with Crippen LogP contribution in [0.5, 0.6) is 0 Å². The van der Waals surface area contributed by atoms with Gasteiger partial charge in [0.05, 0.1) is 25.7 Å². The van der Waals surface area contributed by atoms with E-state index >= 15 is 0 Å². The van der Waals surface area contributed by atoms with Gasteiger partial charge in [-0.25, -0.2) is 15.0 Å². The third kappa shape index (κ3) is 2.90. The zero-order valence-corrected chi connectivity index (χ0v) is 13.1. The van der Waals surface area contributed by atoms with Crippen molar-refractivity contribution in [3.63, 3.8) is 0 Å². The highest BCUT2D eigenvalue weighted by Crippen LogP contribution is 2.36. The molecule has 0 spiro atoms. The summed E-state index contributed by atoms with van der Waals surface area (Å²) >= 11 is 0. The van der Waals surface area contributed by atoms with E-state index in [4.69, 9.17) is 9.57 Å². The van der Waals surface area contributed by atoms with E-state index in [0.29, 0.717) is 32.3 Å². The van der Waals surface area contributed by atoms with Crippen LogP contribution in [-0.4, -0.2) is 60.4 Å². The maximum atomic E-state index is 12.8. The topological polar surface area (TPSA) is 67.8 Å². The van der Waals surface area contributed by atoms with Crippen LogP contribution in [0.2, 0.25) is 0 Å². The normalized spacial score (nSPS) is 31.0. The summed E-state index contributed by atoms with van der Waals surface area (Å²) in [4.78, 5) is 29.2. The molecule has 0 radical (unpaired) electrons. The van der Waals surface area contributed by atoms with Gasteiger partial charge in [-0.1, -0.05) is 0 Å². The standard InChI is InChI=1S/C16H22N4O3/c21-15(20-6-1-2-7-23-20)14-11-22-10-12-8-19(9-13(12)14)16-17-4-3-5-18-16/h3-5,12-14H,1-2,6-11H2/t12-,13-,14+/m1/s1. The molecule has 4 heterocycles. The van der Waals surface area contributed by atoms with Crippen molar-refractivity contribution in [2.45, 2.75) is 12.8 Å². The highest BCUT2D eigenvalue weighted by atomic mass is 16.7. The molecule has 7 heteroatoms. The van der Waals surface area contributed by atoms with Gasteiger partial charge in [-0.15, -0.1) is 0 Å². The monoisotopic (exact) mass is 318 g/mol. The third-order valence-corrected chi connectivity index (χ3v) is 5.04. The van der Waals surface area contributed by atoms with E-state index in [9.17, 15) is 4.79 Å². The zero-order chi connectivity index (χ0) is 15.6. The Balaban J connectivity index is 1.48. The Bertz CT molecular complexity index is 550. The fourth-order valence-corrected chi connectivity index (χ4v) is 3.83. The molecule has 0 bridgehead atoms. The largest absolute Gasteiger partial charge is 0.380 e. The smallest absolute Gasteiger partial charge is 0.251 e. The molecule has 1 amide bonds. The summed E-state index contributed by atoms with van der Waals surface area (Å²) in [5.41, 5.74) is 0. The summed E-state index contributed by atoms with van der Waals surface area (Å²) < 4.78 is 5.72. The predicted octanol–water partition coefficient (Wildman–Crippen LogP) is 0.729. The van der Waals surface area contributed by atoms with Gasteiger partial charge in [0.15, 0.2) is 0 Å². The van der Waals surface area contributed by atoms with E-state index in [2.05, 4.69) is 14.9 Å². The van der Waals surface area contributed by atoms with Crippen molar-refractivity contribution < 1.29 is 14.4 Å². The van der Waals surface area contributed by atoms with Gasteiger partial charge >= 0.3 is 0 Å². The average Bonchev–Trinajstić information content (AvgIpc) is 3.07. The molecule has 3 fully saturated rings. The van der Waals surface area contributed by atoms with Crippen LogP contribution in [0.4, 0.5) is 5.95 Å². The van der Waals surface area contributed by atoms with E-state index in [1.165, 1.54) is 0 Å². The second-order valence-electron chi connectivity index (χ2n) is 6.50. The summed E-state index contributed by atoms with van der Waals surface area (Å²) in [5.74, 6) is 1.33. The molecule has 0 unspecified atom stereocenters. The summed E-state index contributed by atoms with van der Waals surface area (Å²) in [6.45, 7) is 4.18. The van der Waals surface area contributed by atoms with Crippen molar-refractivity contribution in [2.75, 3.05) is 44.4 Å². The molecular weight excluding hydrogens is 296 g/mol. The quantitative estimate of drug-likeness (QED) is 0.801. The molecule has 3 saturated heterocycles. The number of nitrogens with zero attached hydrogens (tertiary/aromatic N) is 4. The first kappa shape index (κ1) is 14.8. The summed E-state index contributed by atoms with van der Waals surface area (Å²) in [6.07, 6.45) is 5.55. The van der Waals surface area contributed by atoms with Gasteiger partial charge in [-0.2, -0.15) is 0 Å². The second kappa shape index (κ2) is 6.41. The maximum absolute atomic E-state index is 12.8. The van der Waals surface area contributed by atoms with Crippen molar-refractivity contribution in [3.05, 3.63) is 18.5 Å². The number of rotatable bonds is 2.